The lowest BCUT2D eigenvalue weighted by Crippen LogP contribution is -2.00. The Bertz CT molecular complexity index is 524. The summed E-state index contributed by atoms with van der Waals surface area (Å²) in [5.74, 6) is -0.235. The molecule has 0 aliphatic heterocycles. The summed E-state index contributed by atoms with van der Waals surface area (Å²) in [6.45, 7) is 4.04. The second-order valence-corrected chi connectivity index (χ2v) is 3.94. The number of halogens is 1. The fraction of sp³-hybridized carbons (Fsp3) is 0.300. The zero-order chi connectivity index (χ0) is 10.3. The van der Waals surface area contributed by atoms with Gasteiger partial charge in [-0.3, -0.25) is 0 Å². The number of nitrogens with zero attached hydrogens (tertiary/aromatic N) is 1. The van der Waals surface area contributed by atoms with Gasteiger partial charge in [-0.15, -0.1) is 0 Å². The van der Waals surface area contributed by atoms with E-state index in [1.54, 1.807) is 6.07 Å². The SMILES string of the molecule is CC(C)n1c(=S)[nH]c2ccc(F)cc21. The quantitative estimate of drug-likeness (QED) is 0.715. The lowest BCUT2D eigenvalue weighted by atomic mass is 10.3. The minimum atomic E-state index is -0.235. The number of fused-ring (bicyclic) bond motifs is 1. The van der Waals surface area contributed by atoms with Crippen LogP contribution in [-0.4, -0.2) is 9.55 Å². The van der Waals surface area contributed by atoms with Crippen molar-refractivity contribution in [2.24, 2.45) is 0 Å². The van der Waals surface area contributed by atoms with Crippen molar-refractivity contribution in [3.05, 3.63) is 28.8 Å². The van der Waals surface area contributed by atoms with Crippen LogP contribution >= 0.6 is 12.2 Å². The molecule has 4 heteroatoms. The summed E-state index contributed by atoms with van der Waals surface area (Å²) < 4.78 is 15.6. The van der Waals surface area contributed by atoms with Crippen LogP contribution in [0.3, 0.4) is 0 Å². The highest BCUT2D eigenvalue weighted by Crippen LogP contribution is 2.19. The summed E-state index contributed by atoms with van der Waals surface area (Å²) in [6, 6.07) is 4.87. The van der Waals surface area contributed by atoms with Gasteiger partial charge in [0.1, 0.15) is 5.82 Å². The van der Waals surface area contributed by atoms with Gasteiger partial charge in [0.25, 0.3) is 0 Å². The first-order valence-electron chi connectivity index (χ1n) is 4.49. The highest BCUT2D eigenvalue weighted by molar-refractivity contribution is 7.71. The van der Waals surface area contributed by atoms with Crippen LogP contribution in [0, 0.1) is 10.6 Å². The molecule has 0 radical (unpaired) electrons. The topological polar surface area (TPSA) is 20.7 Å². The fourth-order valence-electron chi connectivity index (χ4n) is 1.61. The first-order chi connectivity index (χ1) is 6.59. The highest BCUT2D eigenvalue weighted by Gasteiger charge is 2.07. The molecule has 14 heavy (non-hydrogen) atoms. The fourth-order valence-corrected chi connectivity index (χ4v) is 2.03. The lowest BCUT2D eigenvalue weighted by molar-refractivity contribution is 0.603. The van der Waals surface area contributed by atoms with Gasteiger partial charge < -0.3 is 9.55 Å². The smallest absolute Gasteiger partial charge is 0.178 e. The summed E-state index contributed by atoms with van der Waals surface area (Å²) in [4.78, 5) is 3.05. The molecular weight excluding hydrogens is 199 g/mol. The third-order valence-electron chi connectivity index (χ3n) is 2.20. The Hall–Kier alpha value is -1.16. The Morgan fingerprint density at radius 3 is 2.79 bits per heavy atom. The number of aromatic nitrogens is 2. The molecular formula is C10H11FN2S. The summed E-state index contributed by atoms with van der Waals surface area (Å²) >= 11 is 5.16. The molecule has 2 nitrogen and oxygen atoms in total. The average Bonchev–Trinajstić information content (AvgIpc) is 2.40. The van der Waals surface area contributed by atoms with E-state index in [1.165, 1.54) is 12.1 Å². The number of rotatable bonds is 1. The van der Waals surface area contributed by atoms with Crippen molar-refractivity contribution in [3.63, 3.8) is 0 Å². The molecule has 1 heterocycles. The first kappa shape index (κ1) is 9.40. The number of aromatic amines is 1. The Morgan fingerprint density at radius 1 is 1.43 bits per heavy atom. The maximum Gasteiger partial charge on any atom is 0.178 e. The van der Waals surface area contributed by atoms with Crippen LogP contribution in [0.5, 0.6) is 0 Å². The van der Waals surface area contributed by atoms with E-state index in [9.17, 15) is 4.39 Å². The molecule has 0 bridgehead atoms. The minimum absolute atomic E-state index is 0.234. The van der Waals surface area contributed by atoms with E-state index < -0.39 is 0 Å². The molecule has 1 aromatic carbocycles. The third kappa shape index (κ3) is 1.35. The van der Waals surface area contributed by atoms with Gasteiger partial charge in [-0.1, -0.05) is 0 Å². The van der Waals surface area contributed by atoms with Crippen LogP contribution in [0.4, 0.5) is 4.39 Å². The van der Waals surface area contributed by atoms with Crippen LogP contribution in [0.25, 0.3) is 11.0 Å². The van der Waals surface area contributed by atoms with Gasteiger partial charge in [-0.05, 0) is 44.3 Å². The number of hydrogen-bond donors (Lipinski definition) is 1. The van der Waals surface area contributed by atoms with Crippen molar-refractivity contribution in [2.45, 2.75) is 19.9 Å². The van der Waals surface area contributed by atoms with Gasteiger partial charge in [0.15, 0.2) is 4.77 Å². The predicted octanol–water partition coefficient (Wildman–Crippen LogP) is 3.42. The Labute approximate surface area is 86.4 Å². The van der Waals surface area contributed by atoms with Crippen LogP contribution < -0.4 is 0 Å². The summed E-state index contributed by atoms with van der Waals surface area (Å²) in [5, 5.41) is 0. The van der Waals surface area contributed by atoms with Crippen molar-refractivity contribution < 1.29 is 4.39 Å². The second-order valence-electron chi connectivity index (χ2n) is 3.56. The van der Waals surface area contributed by atoms with Crippen LogP contribution in [0.2, 0.25) is 0 Å². The number of H-pyrrole nitrogens is 1. The first-order valence-corrected chi connectivity index (χ1v) is 4.90. The van der Waals surface area contributed by atoms with E-state index in [0.717, 1.165) is 11.0 Å². The van der Waals surface area contributed by atoms with Gasteiger partial charge in [0.05, 0.1) is 11.0 Å². The van der Waals surface area contributed by atoms with Crippen LogP contribution in [0.1, 0.15) is 19.9 Å². The average molecular weight is 210 g/mol. The number of benzene rings is 1. The Morgan fingerprint density at radius 2 is 2.14 bits per heavy atom. The van der Waals surface area contributed by atoms with E-state index in [1.807, 2.05) is 18.4 Å². The number of hydrogen-bond acceptors (Lipinski definition) is 1. The van der Waals surface area contributed by atoms with E-state index in [4.69, 9.17) is 12.2 Å². The molecule has 2 rings (SSSR count). The third-order valence-corrected chi connectivity index (χ3v) is 2.49. The summed E-state index contributed by atoms with van der Waals surface area (Å²) in [6.07, 6.45) is 0. The van der Waals surface area contributed by atoms with E-state index in [-0.39, 0.29) is 11.9 Å². The van der Waals surface area contributed by atoms with Crippen molar-refractivity contribution in [1.82, 2.24) is 9.55 Å². The summed E-state index contributed by atoms with van der Waals surface area (Å²) in [5.41, 5.74) is 1.70. The van der Waals surface area contributed by atoms with Gasteiger partial charge in [-0.25, -0.2) is 4.39 Å². The molecule has 0 fully saturated rings. The number of nitrogens with one attached hydrogen (secondary N) is 1. The minimum Gasteiger partial charge on any atom is -0.331 e. The van der Waals surface area contributed by atoms with E-state index >= 15 is 0 Å². The zero-order valence-corrected chi connectivity index (χ0v) is 8.86. The lowest BCUT2D eigenvalue weighted by Gasteiger charge is -2.07. The maximum absolute atomic E-state index is 13.0. The largest absolute Gasteiger partial charge is 0.331 e. The maximum atomic E-state index is 13.0. The molecule has 0 aliphatic carbocycles. The molecule has 0 unspecified atom stereocenters. The molecule has 0 saturated carbocycles. The second kappa shape index (κ2) is 3.20. The van der Waals surface area contributed by atoms with Gasteiger partial charge in [0, 0.05) is 6.04 Å². The van der Waals surface area contributed by atoms with Crippen LogP contribution in [0.15, 0.2) is 18.2 Å². The van der Waals surface area contributed by atoms with Crippen molar-refractivity contribution in [1.29, 1.82) is 0 Å². The molecule has 74 valence electrons. The zero-order valence-electron chi connectivity index (χ0n) is 8.04. The molecule has 0 spiro atoms. The Balaban J connectivity index is 2.86. The van der Waals surface area contributed by atoms with E-state index in [2.05, 4.69) is 4.98 Å². The van der Waals surface area contributed by atoms with Crippen molar-refractivity contribution in [2.75, 3.05) is 0 Å². The van der Waals surface area contributed by atoms with Crippen molar-refractivity contribution in [3.8, 4) is 0 Å². The monoisotopic (exact) mass is 210 g/mol. The predicted molar refractivity (Wildman–Crippen MR) is 57.5 cm³/mol. The molecule has 0 saturated heterocycles. The van der Waals surface area contributed by atoms with E-state index in [0.29, 0.717) is 4.77 Å². The van der Waals surface area contributed by atoms with Gasteiger partial charge in [-0.2, -0.15) is 0 Å². The normalized spacial score (nSPS) is 11.4. The summed E-state index contributed by atoms with van der Waals surface area (Å²) in [7, 11) is 0. The molecule has 1 aromatic heterocycles. The van der Waals surface area contributed by atoms with Crippen LogP contribution in [-0.2, 0) is 0 Å². The highest BCUT2D eigenvalue weighted by atomic mass is 32.1. The standard InChI is InChI=1S/C10H11FN2S/c1-6(2)13-9-5-7(11)3-4-8(9)12-10(13)14/h3-6H,1-2H3,(H,12,14). The molecule has 1 N–H and O–H groups in total. The molecule has 0 atom stereocenters. The Kier molecular flexibility index (Phi) is 2.15. The van der Waals surface area contributed by atoms with Gasteiger partial charge >= 0.3 is 0 Å². The molecule has 0 aliphatic rings. The number of imidazole rings is 1. The molecule has 2 aromatic rings. The molecule has 0 amide bonds. The van der Waals surface area contributed by atoms with Crippen molar-refractivity contribution >= 4 is 23.3 Å². The van der Waals surface area contributed by atoms with Gasteiger partial charge in [0.2, 0.25) is 0 Å².